The van der Waals surface area contributed by atoms with Gasteiger partial charge in [0.2, 0.25) is 0 Å². The van der Waals surface area contributed by atoms with E-state index in [-0.39, 0.29) is 24.1 Å². The summed E-state index contributed by atoms with van der Waals surface area (Å²) < 4.78 is 40.0. The number of halogens is 4. The van der Waals surface area contributed by atoms with Crippen molar-refractivity contribution < 1.29 is 18.0 Å². The Kier molecular flexibility index (Phi) is 5.51. The first-order valence-electron chi connectivity index (χ1n) is 9.41. The fourth-order valence-corrected chi connectivity index (χ4v) is 3.96. The maximum atomic E-state index is 12.9. The average molecular weight is 435 g/mol. The lowest BCUT2D eigenvalue weighted by Gasteiger charge is -2.15. The predicted molar refractivity (Wildman–Crippen MR) is 105 cm³/mol. The van der Waals surface area contributed by atoms with Gasteiger partial charge in [0.25, 0.3) is 5.91 Å². The molecule has 0 bridgehead atoms. The van der Waals surface area contributed by atoms with Crippen molar-refractivity contribution in [3.8, 4) is 0 Å². The van der Waals surface area contributed by atoms with E-state index >= 15 is 0 Å². The third kappa shape index (κ3) is 4.33. The van der Waals surface area contributed by atoms with Crippen molar-refractivity contribution in [2.24, 2.45) is 0 Å². The maximum absolute atomic E-state index is 12.9. The van der Waals surface area contributed by atoms with Crippen molar-refractivity contribution in [2.75, 3.05) is 13.1 Å². The molecule has 4 rings (SSSR count). The van der Waals surface area contributed by atoms with Crippen LogP contribution in [-0.2, 0) is 12.7 Å². The first-order chi connectivity index (χ1) is 14.3. The Bertz CT molecular complexity index is 1070. The van der Waals surface area contributed by atoms with Gasteiger partial charge in [-0.05, 0) is 35.7 Å². The lowest BCUT2D eigenvalue weighted by Crippen LogP contribution is -2.28. The number of carbonyl (C=O) groups is 1. The quantitative estimate of drug-likeness (QED) is 0.601. The molecule has 3 aromatic rings. The number of likely N-dealkylation sites (tertiary alicyclic amines) is 1. The lowest BCUT2D eigenvalue weighted by molar-refractivity contribution is -0.137. The molecule has 1 saturated heterocycles. The highest BCUT2D eigenvalue weighted by molar-refractivity contribution is 6.31. The van der Waals surface area contributed by atoms with E-state index in [0.717, 1.165) is 24.1 Å². The minimum atomic E-state index is -4.41. The summed E-state index contributed by atoms with van der Waals surface area (Å²) in [5, 5.41) is 8.50. The van der Waals surface area contributed by atoms with Crippen LogP contribution >= 0.6 is 11.6 Å². The number of hydrogen-bond donors (Lipinski definition) is 0. The van der Waals surface area contributed by atoms with Gasteiger partial charge in [-0.25, -0.2) is 4.68 Å². The Morgan fingerprint density at radius 1 is 1.17 bits per heavy atom. The monoisotopic (exact) mass is 434 g/mol. The van der Waals surface area contributed by atoms with Gasteiger partial charge in [-0.1, -0.05) is 47.1 Å². The SMILES string of the molecule is O=C(c1cn(Cc2cccc(C(F)(F)F)c2)nn1)N1CCC(c2ccccc2Cl)C1. The molecular weight excluding hydrogens is 417 g/mol. The highest BCUT2D eigenvalue weighted by atomic mass is 35.5. The number of benzene rings is 2. The van der Waals surface area contributed by atoms with Gasteiger partial charge in [0.15, 0.2) is 5.69 Å². The van der Waals surface area contributed by atoms with E-state index in [4.69, 9.17) is 11.6 Å². The zero-order valence-electron chi connectivity index (χ0n) is 15.8. The predicted octanol–water partition coefficient (Wildman–Crippen LogP) is 4.63. The highest BCUT2D eigenvalue weighted by Gasteiger charge is 2.31. The molecule has 0 N–H and O–H groups in total. The summed E-state index contributed by atoms with van der Waals surface area (Å²) in [6.07, 6.45) is -2.15. The molecule has 1 fully saturated rings. The van der Waals surface area contributed by atoms with Gasteiger partial charge in [-0.2, -0.15) is 13.2 Å². The normalized spacial score (nSPS) is 16.8. The molecule has 0 aliphatic carbocycles. The maximum Gasteiger partial charge on any atom is 0.416 e. The topological polar surface area (TPSA) is 51.0 Å². The zero-order valence-corrected chi connectivity index (χ0v) is 16.6. The van der Waals surface area contributed by atoms with E-state index in [9.17, 15) is 18.0 Å². The van der Waals surface area contributed by atoms with Crippen molar-refractivity contribution in [3.63, 3.8) is 0 Å². The van der Waals surface area contributed by atoms with E-state index in [1.165, 1.54) is 16.9 Å². The van der Waals surface area contributed by atoms with E-state index < -0.39 is 11.7 Å². The van der Waals surface area contributed by atoms with Crippen LogP contribution in [0.3, 0.4) is 0 Å². The first kappa shape index (κ1) is 20.4. The standard InChI is InChI=1S/C21H18ClF3N4O/c22-18-7-2-1-6-17(18)15-8-9-28(12-15)20(30)19-13-29(27-26-19)11-14-4-3-5-16(10-14)21(23,24)25/h1-7,10,13,15H,8-9,11-12H2. The third-order valence-corrected chi connectivity index (χ3v) is 5.52. The third-order valence-electron chi connectivity index (χ3n) is 5.18. The highest BCUT2D eigenvalue weighted by Crippen LogP contribution is 2.32. The van der Waals surface area contributed by atoms with Gasteiger partial charge in [-0.15, -0.1) is 5.10 Å². The van der Waals surface area contributed by atoms with Gasteiger partial charge >= 0.3 is 6.18 Å². The van der Waals surface area contributed by atoms with Crippen LogP contribution in [0.25, 0.3) is 0 Å². The van der Waals surface area contributed by atoms with Crippen LogP contribution in [0, 0.1) is 0 Å². The smallest absolute Gasteiger partial charge is 0.337 e. The second-order valence-electron chi connectivity index (χ2n) is 7.26. The largest absolute Gasteiger partial charge is 0.416 e. The molecule has 2 aromatic carbocycles. The summed E-state index contributed by atoms with van der Waals surface area (Å²) in [4.78, 5) is 14.5. The molecule has 1 aliphatic rings. The second-order valence-corrected chi connectivity index (χ2v) is 7.66. The summed E-state index contributed by atoms with van der Waals surface area (Å²) in [7, 11) is 0. The molecule has 1 unspecified atom stereocenters. The average Bonchev–Trinajstić information content (AvgIpc) is 3.37. The molecule has 156 valence electrons. The fraction of sp³-hybridized carbons (Fsp3) is 0.286. The molecule has 0 radical (unpaired) electrons. The molecular formula is C21H18ClF3N4O. The molecule has 30 heavy (non-hydrogen) atoms. The van der Waals surface area contributed by atoms with Crippen LogP contribution < -0.4 is 0 Å². The number of carbonyl (C=O) groups excluding carboxylic acids is 1. The number of alkyl halides is 3. The van der Waals surface area contributed by atoms with Crippen LogP contribution in [0.15, 0.2) is 54.7 Å². The van der Waals surface area contributed by atoms with Crippen LogP contribution in [0.4, 0.5) is 13.2 Å². The van der Waals surface area contributed by atoms with Crippen LogP contribution in [0.1, 0.15) is 39.5 Å². The fourth-order valence-electron chi connectivity index (χ4n) is 3.67. The minimum absolute atomic E-state index is 0.0897. The van der Waals surface area contributed by atoms with Crippen LogP contribution in [0.2, 0.25) is 5.02 Å². The molecule has 0 saturated carbocycles. The molecule has 5 nitrogen and oxygen atoms in total. The Hall–Kier alpha value is -2.87. The summed E-state index contributed by atoms with van der Waals surface area (Å²) in [6.45, 7) is 1.20. The molecule has 1 aliphatic heterocycles. The second kappa shape index (κ2) is 8.10. The summed E-state index contributed by atoms with van der Waals surface area (Å²) in [6, 6.07) is 12.6. The van der Waals surface area contributed by atoms with Crippen molar-refractivity contribution in [1.29, 1.82) is 0 Å². The summed E-state index contributed by atoms with van der Waals surface area (Å²) in [5.74, 6) is -0.0948. The molecule has 0 spiro atoms. The van der Waals surface area contributed by atoms with E-state index in [1.54, 1.807) is 11.0 Å². The molecule has 2 heterocycles. The van der Waals surface area contributed by atoms with E-state index in [2.05, 4.69) is 10.3 Å². The van der Waals surface area contributed by atoms with Gasteiger partial charge in [-0.3, -0.25) is 4.79 Å². The van der Waals surface area contributed by atoms with Crippen LogP contribution in [0.5, 0.6) is 0 Å². The number of amides is 1. The van der Waals surface area contributed by atoms with Gasteiger partial charge in [0.1, 0.15) is 0 Å². The van der Waals surface area contributed by atoms with Gasteiger partial charge < -0.3 is 4.90 Å². The summed E-state index contributed by atoms with van der Waals surface area (Å²) in [5.41, 5.74) is 0.886. The van der Waals surface area contributed by atoms with Crippen molar-refractivity contribution in [2.45, 2.75) is 25.1 Å². The molecule has 9 heteroatoms. The number of nitrogens with zero attached hydrogens (tertiary/aromatic N) is 4. The number of rotatable bonds is 4. The van der Waals surface area contributed by atoms with E-state index in [1.807, 2.05) is 24.3 Å². The zero-order chi connectivity index (χ0) is 21.3. The number of aromatic nitrogens is 3. The van der Waals surface area contributed by atoms with Gasteiger partial charge in [0, 0.05) is 24.0 Å². The van der Waals surface area contributed by atoms with Gasteiger partial charge in [0.05, 0.1) is 18.3 Å². The van der Waals surface area contributed by atoms with Crippen molar-refractivity contribution in [1.82, 2.24) is 19.9 Å². The molecule has 1 amide bonds. The summed E-state index contributed by atoms with van der Waals surface area (Å²) >= 11 is 6.27. The Balaban J connectivity index is 1.43. The lowest BCUT2D eigenvalue weighted by atomic mass is 9.98. The van der Waals surface area contributed by atoms with Crippen molar-refractivity contribution in [3.05, 3.63) is 82.1 Å². The van der Waals surface area contributed by atoms with E-state index in [0.29, 0.717) is 23.7 Å². The van der Waals surface area contributed by atoms with Crippen LogP contribution in [-0.4, -0.2) is 38.9 Å². The Morgan fingerprint density at radius 2 is 1.97 bits per heavy atom. The molecule has 1 atom stereocenters. The Labute approximate surface area is 176 Å². The minimum Gasteiger partial charge on any atom is -0.337 e. The first-order valence-corrected chi connectivity index (χ1v) is 9.79. The van der Waals surface area contributed by atoms with Crippen molar-refractivity contribution >= 4 is 17.5 Å². The Morgan fingerprint density at radius 3 is 2.73 bits per heavy atom. The number of hydrogen-bond acceptors (Lipinski definition) is 3. The molecule has 1 aromatic heterocycles.